The summed E-state index contributed by atoms with van der Waals surface area (Å²) in [5.41, 5.74) is 6.99. The Morgan fingerprint density at radius 2 is 2.29 bits per heavy atom. The predicted molar refractivity (Wildman–Crippen MR) is 73.3 cm³/mol. The highest BCUT2D eigenvalue weighted by molar-refractivity contribution is 7.09. The van der Waals surface area contributed by atoms with Crippen LogP contribution in [0.3, 0.4) is 0 Å². The average Bonchev–Trinajstić information content (AvgIpc) is 2.82. The van der Waals surface area contributed by atoms with E-state index in [0.717, 1.165) is 17.9 Å². The lowest BCUT2D eigenvalue weighted by molar-refractivity contribution is 0.810. The van der Waals surface area contributed by atoms with E-state index in [1.807, 2.05) is 26.2 Å². The van der Waals surface area contributed by atoms with Gasteiger partial charge in [-0.05, 0) is 36.1 Å². The average molecular weight is 247 g/mol. The Bertz CT molecular complexity index is 465. The Kier molecular flexibility index (Phi) is 3.76. The Labute approximate surface area is 106 Å². The van der Waals surface area contributed by atoms with Crippen molar-refractivity contribution in [3.8, 4) is 0 Å². The van der Waals surface area contributed by atoms with Gasteiger partial charge in [-0.3, -0.25) is 0 Å². The van der Waals surface area contributed by atoms with Crippen LogP contribution in [0.5, 0.6) is 0 Å². The lowest BCUT2D eigenvalue weighted by Crippen LogP contribution is -2.17. The van der Waals surface area contributed by atoms with Crippen molar-refractivity contribution in [3.63, 3.8) is 0 Å². The van der Waals surface area contributed by atoms with E-state index in [4.69, 9.17) is 5.73 Å². The maximum Gasteiger partial charge on any atom is 0.128 e. The zero-order valence-corrected chi connectivity index (χ0v) is 10.9. The molecule has 2 N–H and O–H groups in total. The third kappa shape index (κ3) is 3.05. The van der Waals surface area contributed by atoms with Gasteiger partial charge in [0.25, 0.3) is 0 Å². The molecule has 3 nitrogen and oxygen atoms in total. The fourth-order valence-corrected chi connectivity index (χ4v) is 2.40. The first-order chi connectivity index (χ1) is 8.16. The van der Waals surface area contributed by atoms with Crippen LogP contribution in [0.1, 0.15) is 23.4 Å². The maximum atomic E-state index is 5.87. The highest BCUT2D eigenvalue weighted by Crippen LogP contribution is 2.19. The molecular weight excluding hydrogens is 230 g/mol. The van der Waals surface area contributed by atoms with Crippen LogP contribution in [0.25, 0.3) is 0 Å². The number of nitrogens with zero attached hydrogens (tertiary/aromatic N) is 2. The number of aromatic nitrogens is 1. The third-order valence-corrected chi connectivity index (χ3v) is 3.52. The van der Waals surface area contributed by atoms with Gasteiger partial charge in [-0.2, -0.15) is 0 Å². The van der Waals surface area contributed by atoms with Crippen molar-refractivity contribution < 1.29 is 0 Å². The Balaban J connectivity index is 2.13. The summed E-state index contributed by atoms with van der Waals surface area (Å²) in [5, 5.41) is 2.09. The van der Waals surface area contributed by atoms with Crippen molar-refractivity contribution in [2.45, 2.75) is 19.5 Å². The quantitative estimate of drug-likeness (QED) is 0.903. The van der Waals surface area contributed by atoms with E-state index < -0.39 is 0 Å². The van der Waals surface area contributed by atoms with Crippen LogP contribution in [0.15, 0.2) is 35.8 Å². The van der Waals surface area contributed by atoms with E-state index in [0.29, 0.717) is 0 Å². The maximum absolute atomic E-state index is 5.87. The van der Waals surface area contributed by atoms with Gasteiger partial charge < -0.3 is 10.6 Å². The van der Waals surface area contributed by atoms with Crippen LogP contribution in [0.2, 0.25) is 0 Å². The molecule has 2 aromatic heterocycles. The first-order valence-electron chi connectivity index (χ1n) is 5.62. The molecule has 17 heavy (non-hydrogen) atoms. The monoisotopic (exact) mass is 247 g/mol. The van der Waals surface area contributed by atoms with Crippen molar-refractivity contribution in [2.24, 2.45) is 5.73 Å². The molecule has 1 atom stereocenters. The largest absolute Gasteiger partial charge is 0.355 e. The first kappa shape index (κ1) is 12.1. The van der Waals surface area contributed by atoms with Gasteiger partial charge in [0, 0.05) is 24.2 Å². The molecule has 0 saturated heterocycles. The topological polar surface area (TPSA) is 42.1 Å². The van der Waals surface area contributed by atoms with Gasteiger partial charge in [0.05, 0.1) is 6.54 Å². The summed E-state index contributed by atoms with van der Waals surface area (Å²) < 4.78 is 0. The van der Waals surface area contributed by atoms with Gasteiger partial charge in [0.1, 0.15) is 5.82 Å². The van der Waals surface area contributed by atoms with Crippen LogP contribution in [-0.4, -0.2) is 12.0 Å². The molecule has 0 bridgehead atoms. The smallest absolute Gasteiger partial charge is 0.128 e. The molecule has 0 aliphatic rings. The van der Waals surface area contributed by atoms with Crippen molar-refractivity contribution in [1.29, 1.82) is 0 Å². The minimum Gasteiger partial charge on any atom is -0.355 e. The summed E-state index contributed by atoms with van der Waals surface area (Å²) in [6, 6.07) is 8.27. The summed E-state index contributed by atoms with van der Waals surface area (Å²) in [6.45, 7) is 2.87. The van der Waals surface area contributed by atoms with E-state index >= 15 is 0 Å². The van der Waals surface area contributed by atoms with Crippen LogP contribution >= 0.6 is 11.3 Å². The molecule has 4 heteroatoms. The van der Waals surface area contributed by atoms with E-state index in [1.165, 1.54) is 4.88 Å². The highest BCUT2D eigenvalue weighted by atomic mass is 32.1. The lowest BCUT2D eigenvalue weighted by atomic mass is 10.1. The van der Waals surface area contributed by atoms with E-state index in [2.05, 4.69) is 33.5 Å². The second kappa shape index (κ2) is 5.29. The highest BCUT2D eigenvalue weighted by Gasteiger charge is 2.06. The number of thiophene rings is 1. The molecule has 0 saturated carbocycles. The number of anilines is 1. The molecular formula is C13H17N3S. The molecule has 0 amide bonds. The summed E-state index contributed by atoms with van der Waals surface area (Å²) >= 11 is 1.76. The Morgan fingerprint density at radius 1 is 1.47 bits per heavy atom. The standard InChI is InChI=1S/C13H17N3S/c1-10(14)11-5-6-15-13(8-11)16(2)9-12-4-3-7-17-12/h3-8,10H,9,14H2,1-2H3/t10-/m1/s1. The second-order valence-electron chi connectivity index (χ2n) is 4.17. The number of rotatable bonds is 4. The van der Waals surface area contributed by atoms with Crippen molar-refractivity contribution in [2.75, 3.05) is 11.9 Å². The van der Waals surface area contributed by atoms with Crippen molar-refractivity contribution in [1.82, 2.24) is 4.98 Å². The minimum absolute atomic E-state index is 0.0480. The van der Waals surface area contributed by atoms with Crippen molar-refractivity contribution in [3.05, 3.63) is 46.3 Å². The van der Waals surface area contributed by atoms with E-state index in [1.54, 1.807) is 11.3 Å². The van der Waals surface area contributed by atoms with Gasteiger partial charge in [-0.15, -0.1) is 11.3 Å². The molecule has 0 fully saturated rings. The summed E-state index contributed by atoms with van der Waals surface area (Å²) in [7, 11) is 2.05. The molecule has 0 unspecified atom stereocenters. The van der Waals surface area contributed by atoms with Gasteiger partial charge in [-0.25, -0.2) is 4.98 Å². The van der Waals surface area contributed by atoms with Gasteiger partial charge >= 0.3 is 0 Å². The van der Waals surface area contributed by atoms with Gasteiger partial charge in [-0.1, -0.05) is 6.07 Å². The SMILES string of the molecule is C[C@@H](N)c1ccnc(N(C)Cc2cccs2)c1. The molecule has 90 valence electrons. The first-order valence-corrected chi connectivity index (χ1v) is 6.50. The number of nitrogens with two attached hydrogens (primary N) is 1. The van der Waals surface area contributed by atoms with Crippen LogP contribution in [-0.2, 0) is 6.54 Å². The summed E-state index contributed by atoms with van der Waals surface area (Å²) in [5.74, 6) is 0.966. The van der Waals surface area contributed by atoms with Crippen molar-refractivity contribution >= 4 is 17.2 Å². The van der Waals surface area contributed by atoms with E-state index in [9.17, 15) is 0 Å². The number of pyridine rings is 1. The van der Waals surface area contributed by atoms with Crippen LogP contribution in [0.4, 0.5) is 5.82 Å². The van der Waals surface area contributed by atoms with Crippen LogP contribution in [0, 0.1) is 0 Å². The molecule has 2 aromatic rings. The zero-order valence-electron chi connectivity index (χ0n) is 10.1. The fourth-order valence-electron chi connectivity index (χ4n) is 1.64. The Morgan fingerprint density at radius 3 is 2.94 bits per heavy atom. The second-order valence-corrected chi connectivity index (χ2v) is 5.20. The lowest BCUT2D eigenvalue weighted by Gasteiger charge is -2.18. The molecule has 0 aliphatic heterocycles. The third-order valence-electron chi connectivity index (χ3n) is 2.66. The zero-order chi connectivity index (χ0) is 12.3. The molecule has 0 radical (unpaired) electrons. The predicted octanol–water partition coefficient (Wildman–Crippen LogP) is 2.80. The molecule has 0 spiro atoms. The minimum atomic E-state index is 0.0480. The molecule has 2 rings (SSSR count). The fraction of sp³-hybridized carbons (Fsp3) is 0.308. The number of hydrogen-bond acceptors (Lipinski definition) is 4. The normalized spacial score (nSPS) is 12.4. The van der Waals surface area contributed by atoms with E-state index in [-0.39, 0.29) is 6.04 Å². The van der Waals surface area contributed by atoms with Crippen LogP contribution < -0.4 is 10.6 Å². The molecule has 0 aliphatic carbocycles. The molecule has 2 heterocycles. The number of hydrogen-bond donors (Lipinski definition) is 1. The summed E-state index contributed by atoms with van der Waals surface area (Å²) in [4.78, 5) is 7.85. The van der Waals surface area contributed by atoms with Gasteiger partial charge in [0.2, 0.25) is 0 Å². The molecule has 0 aromatic carbocycles. The Hall–Kier alpha value is -1.39. The summed E-state index contributed by atoms with van der Waals surface area (Å²) in [6.07, 6.45) is 1.82. The van der Waals surface area contributed by atoms with Gasteiger partial charge in [0.15, 0.2) is 0 Å².